The molecule has 0 radical (unpaired) electrons. The topological polar surface area (TPSA) is 139 Å². The van der Waals surface area contributed by atoms with Gasteiger partial charge in [-0.1, -0.05) is 0 Å². The minimum atomic E-state index is -1.20. The number of furan rings is 1. The lowest BCUT2D eigenvalue weighted by molar-refractivity contribution is -0.0511. The average Bonchev–Trinajstić information content (AvgIpc) is 3.06. The lowest BCUT2D eigenvalue weighted by Crippen LogP contribution is -2.33. The van der Waals surface area contributed by atoms with E-state index in [1.165, 1.54) is 12.7 Å². The lowest BCUT2D eigenvalue weighted by Gasteiger charge is -2.17. The van der Waals surface area contributed by atoms with E-state index in [0.29, 0.717) is 23.5 Å². The van der Waals surface area contributed by atoms with Crippen LogP contribution in [0.15, 0.2) is 35.5 Å². The van der Waals surface area contributed by atoms with Gasteiger partial charge in [-0.3, -0.25) is 4.57 Å². The fourth-order valence-electron chi connectivity index (χ4n) is 3.77. The maximum absolute atomic E-state index is 10.3. The molecule has 10 nitrogen and oxygen atoms in total. The number of hydrogen-bond donors (Lipinski definition) is 4. The van der Waals surface area contributed by atoms with Gasteiger partial charge in [0, 0.05) is 12.0 Å². The maximum atomic E-state index is 10.3. The standard InChI is InChI=1S/C18H21N5O5/c24-6-10-13(25)14(26)17(28-10)23-9-22-12-15(20-8-21-16(12)23)19-7-18(3-4-18)11-2-1-5-27-11/h1-2,5,8-10,13-14,17,24-26H,3-4,6-7H2,(H,19,20,21)/t10-,13-,14-,17-/m1/s1. The van der Waals surface area contributed by atoms with E-state index in [4.69, 9.17) is 9.15 Å². The maximum Gasteiger partial charge on any atom is 0.167 e. The first-order chi connectivity index (χ1) is 13.6. The van der Waals surface area contributed by atoms with Crippen LogP contribution in [0.3, 0.4) is 0 Å². The number of fused-ring (bicyclic) bond motifs is 1. The molecule has 3 aromatic rings. The second-order valence-electron chi connectivity index (χ2n) is 7.39. The van der Waals surface area contributed by atoms with Crippen molar-refractivity contribution in [3.63, 3.8) is 0 Å². The molecule has 2 aliphatic rings. The van der Waals surface area contributed by atoms with E-state index in [0.717, 1.165) is 18.6 Å². The fourth-order valence-corrected chi connectivity index (χ4v) is 3.77. The van der Waals surface area contributed by atoms with Crippen LogP contribution in [-0.4, -0.2) is 66.3 Å². The van der Waals surface area contributed by atoms with Crippen LogP contribution in [0.5, 0.6) is 0 Å². The molecule has 10 heteroatoms. The van der Waals surface area contributed by atoms with Gasteiger partial charge in [0.2, 0.25) is 0 Å². The van der Waals surface area contributed by atoms with E-state index in [1.807, 2.05) is 12.1 Å². The first kappa shape index (κ1) is 17.6. The molecule has 148 valence electrons. The normalized spacial score (nSPS) is 28.7. The number of nitrogens with one attached hydrogen (secondary N) is 1. The highest BCUT2D eigenvalue weighted by Crippen LogP contribution is 2.48. The predicted octanol–water partition coefficient (Wildman–Crippen LogP) is 0.174. The minimum Gasteiger partial charge on any atom is -0.469 e. The number of aromatic nitrogens is 4. The molecule has 0 amide bonds. The Kier molecular flexibility index (Phi) is 4.09. The van der Waals surface area contributed by atoms with Crippen LogP contribution in [0.4, 0.5) is 5.82 Å². The molecular weight excluding hydrogens is 366 g/mol. The van der Waals surface area contributed by atoms with Crippen molar-refractivity contribution in [1.82, 2.24) is 19.5 Å². The molecule has 4 atom stereocenters. The summed E-state index contributed by atoms with van der Waals surface area (Å²) in [5.41, 5.74) is 0.984. The Morgan fingerprint density at radius 3 is 2.75 bits per heavy atom. The monoisotopic (exact) mass is 387 g/mol. The van der Waals surface area contributed by atoms with Gasteiger partial charge in [0.25, 0.3) is 0 Å². The van der Waals surface area contributed by atoms with Crippen LogP contribution in [0.25, 0.3) is 11.2 Å². The second kappa shape index (κ2) is 6.52. The number of aliphatic hydroxyl groups excluding tert-OH is 3. The summed E-state index contributed by atoms with van der Waals surface area (Å²) >= 11 is 0. The Morgan fingerprint density at radius 1 is 1.21 bits per heavy atom. The number of imidazole rings is 1. The van der Waals surface area contributed by atoms with Gasteiger partial charge in [-0.05, 0) is 25.0 Å². The zero-order valence-electron chi connectivity index (χ0n) is 15.0. The first-order valence-electron chi connectivity index (χ1n) is 9.21. The van der Waals surface area contributed by atoms with Crippen molar-refractivity contribution in [2.24, 2.45) is 0 Å². The largest absolute Gasteiger partial charge is 0.469 e. The second-order valence-corrected chi connectivity index (χ2v) is 7.39. The van der Waals surface area contributed by atoms with E-state index in [-0.39, 0.29) is 5.41 Å². The summed E-state index contributed by atoms with van der Waals surface area (Å²) in [6, 6.07) is 3.88. The molecular formula is C18H21N5O5. The lowest BCUT2D eigenvalue weighted by atomic mass is 10.0. The van der Waals surface area contributed by atoms with Gasteiger partial charge >= 0.3 is 0 Å². The van der Waals surface area contributed by atoms with Crippen LogP contribution in [-0.2, 0) is 10.2 Å². The van der Waals surface area contributed by atoms with Gasteiger partial charge in [0.15, 0.2) is 23.2 Å². The molecule has 1 saturated carbocycles. The third-order valence-corrected chi connectivity index (χ3v) is 5.64. The van der Waals surface area contributed by atoms with Crippen molar-refractivity contribution in [3.05, 3.63) is 36.8 Å². The Labute approximate surface area is 159 Å². The van der Waals surface area contributed by atoms with Gasteiger partial charge in [0.05, 0.1) is 19.2 Å². The summed E-state index contributed by atoms with van der Waals surface area (Å²) in [5, 5.41) is 32.9. The van der Waals surface area contributed by atoms with Crippen molar-refractivity contribution in [1.29, 1.82) is 0 Å². The van der Waals surface area contributed by atoms with E-state index in [1.54, 1.807) is 10.8 Å². The van der Waals surface area contributed by atoms with Gasteiger partial charge in [-0.2, -0.15) is 0 Å². The smallest absolute Gasteiger partial charge is 0.167 e. The van der Waals surface area contributed by atoms with Crippen LogP contribution >= 0.6 is 0 Å². The molecule has 4 N–H and O–H groups in total. The molecule has 1 aliphatic carbocycles. The third-order valence-electron chi connectivity index (χ3n) is 5.64. The third kappa shape index (κ3) is 2.68. The Bertz CT molecular complexity index is 970. The van der Waals surface area contributed by atoms with E-state index < -0.39 is 31.1 Å². The number of ether oxygens (including phenoxy) is 1. The zero-order chi connectivity index (χ0) is 19.3. The minimum absolute atomic E-state index is 0.0213. The Balaban J connectivity index is 1.40. The highest BCUT2D eigenvalue weighted by Gasteiger charge is 2.47. The molecule has 28 heavy (non-hydrogen) atoms. The van der Waals surface area contributed by atoms with E-state index in [2.05, 4.69) is 20.3 Å². The zero-order valence-corrected chi connectivity index (χ0v) is 15.0. The number of anilines is 1. The summed E-state index contributed by atoms with van der Waals surface area (Å²) in [4.78, 5) is 12.9. The van der Waals surface area contributed by atoms with Gasteiger partial charge in [-0.15, -0.1) is 0 Å². The molecule has 2 fully saturated rings. The summed E-state index contributed by atoms with van der Waals surface area (Å²) < 4.78 is 12.7. The van der Waals surface area contributed by atoms with Crippen LogP contribution in [0, 0.1) is 0 Å². The summed E-state index contributed by atoms with van der Waals surface area (Å²) in [6.07, 6.45) is 2.53. The number of aliphatic hydroxyl groups is 3. The molecule has 0 aromatic carbocycles. The average molecular weight is 387 g/mol. The summed E-state index contributed by atoms with van der Waals surface area (Å²) in [5.74, 6) is 1.54. The van der Waals surface area contributed by atoms with Crippen LogP contribution in [0.1, 0.15) is 24.8 Å². The highest BCUT2D eigenvalue weighted by atomic mass is 16.6. The fraction of sp³-hybridized carbons (Fsp3) is 0.500. The molecule has 5 rings (SSSR count). The molecule has 1 saturated heterocycles. The van der Waals surface area contributed by atoms with E-state index >= 15 is 0 Å². The van der Waals surface area contributed by atoms with E-state index in [9.17, 15) is 15.3 Å². The number of hydrogen-bond acceptors (Lipinski definition) is 9. The molecule has 0 spiro atoms. The van der Waals surface area contributed by atoms with Crippen molar-refractivity contribution >= 4 is 17.0 Å². The number of rotatable bonds is 6. The Morgan fingerprint density at radius 2 is 2.07 bits per heavy atom. The molecule has 1 aliphatic heterocycles. The first-order valence-corrected chi connectivity index (χ1v) is 9.21. The van der Waals surface area contributed by atoms with Crippen molar-refractivity contribution in [3.8, 4) is 0 Å². The quantitative estimate of drug-likeness (QED) is 0.466. The Hall–Kier alpha value is -2.53. The van der Waals surface area contributed by atoms with Crippen molar-refractivity contribution in [2.45, 2.75) is 42.8 Å². The SMILES string of the molecule is OC[C@H]1O[C@@H](n2cnc3c(NCC4(c5ccco5)CC4)ncnc32)[C@H](O)[C@@H]1O. The van der Waals surface area contributed by atoms with Crippen LogP contribution < -0.4 is 5.32 Å². The molecule has 4 heterocycles. The number of nitrogens with zero attached hydrogens (tertiary/aromatic N) is 4. The van der Waals surface area contributed by atoms with Gasteiger partial charge in [0.1, 0.15) is 30.4 Å². The molecule has 0 bridgehead atoms. The van der Waals surface area contributed by atoms with Gasteiger partial charge in [-0.25, -0.2) is 15.0 Å². The summed E-state index contributed by atoms with van der Waals surface area (Å²) in [6.45, 7) is 0.269. The molecule has 3 aromatic heterocycles. The van der Waals surface area contributed by atoms with Crippen molar-refractivity contribution < 1.29 is 24.5 Å². The van der Waals surface area contributed by atoms with Crippen molar-refractivity contribution in [2.75, 3.05) is 18.5 Å². The van der Waals surface area contributed by atoms with Gasteiger partial charge < -0.3 is 29.8 Å². The summed E-state index contributed by atoms with van der Waals surface area (Å²) in [7, 11) is 0. The van der Waals surface area contributed by atoms with Crippen LogP contribution in [0.2, 0.25) is 0 Å². The predicted molar refractivity (Wildman–Crippen MR) is 96.4 cm³/mol. The molecule has 0 unspecified atom stereocenters. The highest BCUT2D eigenvalue weighted by molar-refractivity contribution is 5.82.